The number of aromatic amines is 1. The van der Waals surface area contributed by atoms with Gasteiger partial charge in [-0.2, -0.15) is 16.9 Å². The third-order valence-electron chi connectivity index (χ3n) is 4.04. The van der Waals surface area contributed by atoms with Crippen molar-refractivity contribution in [2.45, 2.75) is 48.9 Å². The smallest absolute Gasteiger partial charge is 0.257 e. The highest BCUT2D eigenvalue weighted by molar-refractivity contribution is 8.00. The first-order valence-corrected chi connectivity index (χ1v) is 10.0. The fourth-order valence-electron chi connectivity index (χ4n) is 2.69. The molecule has 0 aliphatic heterocycles. The summed E-state index contributed by atoms with van der Waals surface area (Å²) in [6.07, 6.45) is 8.13. The maximum absolute atomic E-state index is 12.5. The maximum Gasteiger partial charge on any atom is 0.257 e. The van der Waals surface area contributed by atoms with Gasteiger partial charge >= 0.3 is 0 Å². The lowest BCUT2D eigenvalue weighted by molar-refractivity contribution is 0.546. The fraction of sp³-hybridized carbons (Fsp3) is 0.769. The van der Waals surface area contributed by atoms with Crippen LogP contribution in [0.25, 0.3) is 0 Å². The van der Waals surface area contributed by atoms with Crippen LogP contribution in [-0.2, 0) is 16.6 Å². The van der Waals surface area contributed by atoms with Gasteiger partial charge in [-0.3, -0.25) is 5.10 Å². The molecule has 0 aromatic carbocycles. The van der Waals surface area contributed by atoms with Crippen LogP contribution in [0.15, 0.2) is 11.2 Å². The van der Waals surface area contributed by atoms with Crippen molar-refractivity contribution in [1.29, 1.82) is 0 Å². The lowest BCUT2D eigenvalue weighted by Gasteiger charge is -2.26. The Morgan fingerprint density at radius 3 is 2.76 bits per heavy atom. The van der Waals surface area contributed by atoms with Crippen molar-refractivity contribution in [2.24, 2.45) is 0 Å². The molecule has 3 N–H and O–H groups in total. The molecule has 0 bridgehead atoms. The Kier molecular flexibility index (Phi) is 5.70. The molecule has 1 aliphatic carbocycles. The first kappa shape index (κ1) is 16.8. The van der Waals surface area contributed by atoms with Gasteiger partial charge in [-0.15, -0.1) is 0 Å². The molecule has 0 spiro atoms. The molecule has 0 unspecified atom stereocenters. The highest BCUT2D eigenvalue weighted by Gasteiger charge is 2.34. The van der Waals surface area contributed by atoms with Crippen LogP contribution in [0.5, 0.6) is 0 Å². The number of hydrogen-bond donors (Lipinski definition) is 3. The van der Waals surface area contributed by atoms with E-state index in [2.05, 4.69) is 26.5 Å². The Labute approximate surface area is 130 Å². The number of nitrogens with one attached hydrogen (secondary N) is 3. The second kappa shape index (κ2) is 7.13. The molecule has 1 fully saturated rings. The summed E-state index contributed by atoms with van der Waals surface area (Å²) in [6, 6.07) is 0. The highest BCUT2D eigenvalue weighted by atomic mass is 32.2. The molecule has 120 valence electrons. The number of nitrogens with zero attached hydrogens (tertiary/aromatic N) is 1. The van der Waals surface area contributed by atoms with Crippen LogP contribution in [0.1, 0.15) is 38.2 Å². The summed E-state index contributed by atoms with van der Waals surface area (Å²) in [7, 11) is -3.54. The molecule has 2 rings (SSSR count). The van der Waals surface area contributed by atoms with E-state index < -0.39 is 10.0 Å². The normalized spacial score (nSPS) is 18.2. The molecule has 8 heteroatoms. The van der Waals surface area contributed by atoms with Crippen molar-refractivity contribution >= 4 is 21.8 Å². The zero-order chi connectivity index (χ0) is 15.3. The molecular formula is C13H24N4O2S2. The second-order valence-electron chi connectivity index (χ2n) is 5.42. The van der Waals surface area contributed by atoms with Crippen LogP contribution < -0.4 is 10.0 Å². The Bertz CT molecular complexity index is 550. The summed E-state index contributed by atoms with van der Waals surface area (Å²) in [5, 5.41) is 9.78. The van der Waals surface area contributed by atoms with Gasteiger partial charge in [-0.25, -0.2) is 13.1 Å². The van der Waals surface area contributed by atoms with E-state index in [0.29, 0.717) is 18.7 Å². The third-order valence-corrected chi connectivity index (χ3v) is 6.88. The topological polar surface area (TPSA) is 86.9 Å². The molecular weight excluding hydrogens is 308 g/mol. The number of hydrogen-bond acceptors (Lipinski definition) is 5. The summed E-state index contributed by atoms with van der Waals surface area (Å²) < 4.78 is 27.8. The largest absolute Gasteiger partial charge is 0.313 e. The summed E-state index contributed by atoms with van der Waals surface area (Å²) in [5.41, 5.74) is 0.675. The molecule has 0 radical (unpaired) electrons. The first-order chi connectivity index (χ1) is 10.0. The highest BCUT2D eigenvalue weighted by Crippen LogP contribution is 2.39. The van der Waals surface area contributed by atoms with E-state index in [1.165, 1.54) is 12.8 Å². The number of rotatable bonds is 8. The minimum atomic E-state index is -3.54. The van der Waals surface area contributed by atoms with Crippen LogP contribution in [0.2, 0.25) is 0 Å². The van der Waals surface area contributed by atoms with Gasteiger partial charge in [-0.1, -0.05) is 19.8 Å². The van der Waals surface area contributed by atoms with Gasteiger partial charge in [0.1, 0.15) is 0 Å². The first-order valence-electron chi connectivity index (χ1n) is 7.31. The lowest BCUT2D eigenvalue weighted by atomic mass is 10.1. The zero-order valence-electron chi connectivity index (χ0n) is 12.6. The van der Waals surface area contributed by atoms with Crippen LogP contribution in [-0.4, -0.2) is 42.7 Å². The van der Waals surface area contributed by atoms with Gasteiger partial charge in [0.05, 0.1) is 6.20 Å². The number of sulfonamides is 1. The number of H-pyrrole nitrogens is 1. The molecule has 0 atom stereocenters. The minimum Gasteiger partial charge on any atom is -0.313 e. The number of aromatic nitrogens is 2. The molecule has 1 heterocycles. The standard InChI is InChI=1S/C13H24N4O2S2/c1-3-14-8-11-9-15-17-12(11)21(18,19)16-10-13(20-2)6-4-5-7-13/h9,14,16H,3-8,10H2,1-2H3,(H,15,17). The van der Waals surface area contributed by atoms with E-state index in [0.717, 1.165) is 19.4 Å². The van der Waals surface area contributed by atoms with Crippen LogP contribution in [0.3, 0.4) is 0 Å². The van der Waals surface area contributed by atoms with E-state index in [4.69, 9.17) is 0 Å². The van der Waals surface area contributed by atoms with E-state index >= 15 is 0 Å². The van der Waals surface area contributed by atoms with Crippen LogP contribution in [0.4, 0.5) is 0 Å². The Hall–Kier alpha value is -0.570. The predicted octanol–water partition coefficient (Wildman–Crippen LogP) is 1.47. The van der Waals surface area contributed by atoms with Gasteiger partial charge in [0.15, 0.2) is 5.03 Å². The summed E-state index contributed by atoms with van der Waals surface area (Å²) in [4.78, 5) is 0. The zero-order valence-corrected chi connectivity index (χ0v) is 14.2. The van der Waals surface area contributed by atoms with Crippen molar-refractivity contribution in [3.05, 3.63) is 11.8 Å². The van der Waals surface area contributed by atoms with Crippen molar-refractivity contribution in [2.75, 3.05) is 19.3 Å². The second-order valence-corrected chi connectivity index (χ2v) is 8.40. The summed E-state index contributed by atoms with van der Waals surface area (Å²) in [6.45, 7) is 3.75. The lowest BCUT2D eigenvalue weighted by Crippen LogP contribution is -2.38. The average Bonchev–Trinajstić information content (AvgIpc) is 3.13. The maximum atomic E-state index is 12.5. The van der Waals surface area contributed by atoms with Gasteiger partial charge < -0.3 is 5.32 Å². The molecule has 0 amide bonds. The summed E-state index contributed by atoms with van der Waals surface area (Å²) in [5.74, 6) is 0. The quantitative estimate of drug-likeness (QED) is 0.671. The van der Waals surface area contributed by atoms with Crippen LogP contribution >= 0.6 is 11.8 Å². The van der Waals surface area contributed by atoms with Crippen molar-refractivity contribution in [3.8, 4) is 0 Å². The molecule has 1 saturated carbocycles. The molecule has 1 aromatic heterocycles. The van der Waals surface area contributed by atoms with E-state index in [1.807, 2.05) is 6.92 Å². The minimum absolute atomic E-state index is 0.0505. The van der Waals surface area contributed by atoms with Crippen LogP contribution in [0, 0.1) is 0 Å². The number of thioether (sulfide) groups is 1. The molecule has 1 aromatic rings. The van der Waals surface area contributed by atoms with Gasteiger partial charge in [0.25, 0.3) is 10.0 Å². The Morgan fingerprint density at radius 2 is 2.14 bits per heavy atom. The third kappa shape index (κ3) is 4.00. The molecule has 6 nitrogen and oxygen atoms in total. The van der Waals surface area contributed by atoms with Crippen molar-refractivity contribution in [1.82, 2.24) is 20.2 Å². The van der Waals surface area contributed by atoms with Gasteiger partial charge in [-0.05, 0) is 25.6 Å². The van der Waals surface area contributed by atoms with Crippen molar-refractivity contribution in [3.63, 3.8) is 0 Å². The molecule has 21 heavy (non-hydrogen) atoms. The average molecular weight is 332 g/mol. The fourth-order valence-corrected chi connectivity index (χ4v) is 4.95. The molecule has 0 saturated heterocycles. The molecule has 1 aliphatic rings. The van der Waals surface area contributed by atoms with Gasteiger partial charge in [0, 0.05) is 23.4 Å². The predicted molar refractivity (Wildman–Crippen MR) is 85.9 cm³/mol. The van der Waals surface area contributed by atoms with E-state index in [-0.39, 0.29) is 9.77 Å². The summed E-state index contributed by atoms with van der Waals surface area (Å²) >= 11 is 1.77. The Balaban J connectivity index is 2.06. The van der Waals surface area contributed by atoms with E-state index in [1.54, 1.807) is 18.0 Å². The SMILES string of the molecule is CCNCc1cn[nH]c1S(=O)(=O)NCC1(SC)CCCC1. The Morgan fingerprint density at radius 1 is 1.43 bits per heavy atom. The van der Waals surface area contributed by atoms with E-state index in [9.17, 15) is 8.42 Å². The van der Waals surface area contributed by atoms with Crippen molar-refractivity contribution < 1.29 is 8.42 Å². The monoisotopic (exact) mass is 332 g/mol. The van der Waals surface area contributed by atoms with Gasteiger partial charge in [0.2, 0.25) is 0 Å².